The van der Waals surface area contributed by atoms with Crippen LogP contribution >= 0.6 is 0 Å². The maximum atomic E-state index is 6.25. The number of hydrogen-bond donors (Lipinski definition) is 1. The predicted molar refractivity (Wildman–Crippen MR) is 75.4 cm³/mol. The van der Waals surface area contributed by atoms with Crippen LogP contribution in [0.3, 0.4) is 0 Å². The Morgan fingerprint density at radius 2 is 1.39 bits per heavy atom. The molecule has 1 heterocycles. The first-order chi connectivity index (χ1) is 8.48. The second-order valence-electron chi connectivity index (χ2n) is 5.63. The first-order valence-corrected chi connectivity index (χ1v) is 6.24. The zero-order valence-electron chi connectivity index (χ0n) is 11.2. The molecule has 1 aromatic carbocycles. The normalized spacial score (nSPS) is 13.3. The highest BCUT2D eigenvalue weighted by Gasteiger charge is 2.14. The van der Waals surface area contributed by atoms with Gasteiger partial charge < -0.3 is 5.73 Å². The molecule has 0 aliphatic heterocycles. The van der Waals surface area contributed by atoms with Gasteiger partial charge in [-0.15, -0.1) is 0 Å². The van der Waals surface area contributed by atoms with Gasteiger partial charge in [-0.25, -0.2) is 0 Å². The van der Waals surface area contributed by atoms with E-state index >= 15 is 0 Å². The minimum atomic E-state index is -0.0815. The van der Waals surface area contributed by atoms with E-state index in [1.54, 1.807) is 12.4 Å². The van der Waals surface area contributed by atoms with Crippen LogP contribution < -0.4 is 5.73 Å². The van der Waals surface area contributed by atoms with E-state index in [-0.39, 0.29) is 11.5 Å². The van der Waals surface area contributed by atoms with E-state index in [2.05, 4.69) is 50.0 Å². The molecule has 2 nitrogen and oxygen atoms in total. The molecule has 2 heteroatoms. The lowest BCUT2D eigenvalue weighted by Crippen LogP contribution is -2.14. The van der Waals surface area contributed by atoms with E-state index in [0.717, 1.165) is 11.1 Å². The van der Waals surface area contributed by atoms with Crippen molar-refractivity contribution in [2.24, 2.45) is 5.73 Å². The van der Waals surface area contributed by atoms with Crippen molar-refractivity contribution in [3.05, 3.63) is 65.5 Å². The van der Waals surface area contributed by atoms with Crippen LogP contribution in [0, 0.1) is 0 Å². The largest absolute Gasteiger partial charge is 0.320 e. The van der Waals surface area contributed by atoms with E-state index < -0.39 is 0 Å². The number of hydrogen-bond acceptors (Lipinski definition) is 2. The lowest BCUT2D eigenvalue weighted by Gasteiger charge is -2.20. The van der Waals surface area contributed by atoms with E-state index in [1.165, 1.54) is 5.56 Å². The van der Waals surface area contributed by atoms with Gasteiger partial charge in [0.1, 0.15) is 0 Å². The lowest BCUT2D eigenvalue weighted by molar-refractivity contribution is 0.589. The van der Waals surface area contributed by atoms with Crippen LogP contribution in [0.25, 0.3) is 0 Å². The quantitative estimate of drug-likeness (QED) is 0.873. The Balaban J connectivity index is 2.25. The highest BCUT2D eigenvalue weighted by atomic mass is 14.7. The topological polar surface area (TPSA) is 38.9 Å². The minimum Gasteiger partial charge on any atom is -0.320 e. The molecule has 0 radical (unpaired) electrons. The average molecular weight is 240 g/mol. The van der Waals surface area contributed by atoms with Gasteiger partial charge in [0.15, 0.2) is 0 Å². The fourth-order valence-electron chi connectivity index (χ4n) is 1.95. The Labute approximate surface area is 109 Å². The number of benzene rings is 1. The highest BCUT2D eigenvalue weighted by molar-refractivity contribution is 5.34. The van der Waals surface area contributed by atoms with E-state index in [1.807, 2.05) is 12.1 Å². The van der Waals surface area contributed by atoms with E-state index in [0.29, 0.717) is 0 Å². The second-order valence-corrected chi connectivity index (χ2v) is 5.63. The standard InChI is InChI=1S/C16H20N2/c1-16(2,3)14-6-4-12(5-7-14)15(17)13-8-10-18-11-9-13/h4-11,15H,17H2,1-3H3. The van der Waals surface area contributed by atoms with Gasteiger partial charge in [0.25, 0.3) is 0 Å². The number of aromatic nitrogens is 1. The Kier molecular flexibility index (Phi) is 3.48. The lowest BCUT2D eigenvalue weighted by atomic mass is 9.86. The van der Waals surface area contributed by atoms with Crippen molar-refractivity contribution in [1.29, 1.82) is 0 Å². The summed E-state index contributed by atoms with van der Waals surface area (Å²) >= 11 is 0. The molecule has 1 atom stereocenters. The van der Waals surface area contributed by atoms with Crippen LogP contribution in [0.2, 0.25) is 0 Å². The summed E-state index contributed by atoms with van der Waals surface area (Å²) in [6.45, 7) is 6.64. The SMILES string of the molecule is CC(C)(C)c1ccc(C(N)c2ccncc2)cc1. The summed E-state index contributed by atoms with van der Waals surface area (Å²) in [4.78, 5) is 4.01. The third-order valence-electron chi connectivity index (χ3n) is 3.20. The molecule has 0 saturated heterocycles. The monoisotopic (exact) mass is 240 g/mol. The maximum Gasteiger partial charge on any atom is 0.0552 e. The third-order valence-corrected chi connectivity index (χ3v) is 3.20. The Morgan fingerprint density at radius 1 is 0.889 bits per heavy atom. The molecule has 0 bridgehead atoms. The van der Waals surface area contributed by atoms with Gasteiger partial charge in [0, 0.05) is 12.4 Å². The summed E-state index contributed by atoms with van der Waals surface area (Å²) in [5.41, 5.74) is 9.98. The number of rotatable bonds is 2. The van der Waals surface area contributed by atoms with Gasteiger partial charge in [-0.2, -0.15) is 0 Å². The smallest absolute Gasteiger partial charge is 0.0552 e. The van der Waals surface area contributed by atoms with Crippen LogP contribution in [0.4, 0.5) is 0 Å². The maximum absolute atomic E-state index is 6.25. The van der Waals surface area contributed by atoms with Crippen LogP contribution in [0.1, 0.15) is 43.5 Å². The summed E-state index contributed by atoms with van der Waals surface area (Å²) in [7, 11) is 0. The molecule has 18 heavy (non-hydrogen) atoms. The summed E-state index contributed by atoms with van der Waals surface area (Å²) in [5, 5.41) is 0. The van der Waals surface area contributed by atoms with Gasteiger partial charge >= 0.3 is 0 Å². The second kappa shape index (κ2) is 4.91. The van der Waals surface area contributed by atoms with Gasteiger partial charge in [0.2, 0.25) is 0 Å². The highest BCUT2D eigenvalue weighted by Crippen LogP contribution is 2.25. The number of nitrogens with zero attached hydrogens (tertiary/aromatic N) is 1. The molecule has 0 fully saturated rings. The zero-order valence-corrected chi connectivity index (χ0v) is 11.2. The molecule has 0 aliphatic carbocycles. The van der Waals surface area contributed by atoms with Crippen molar-refractivity contribution in [2.45, 2.75) is 32.2 Å². The molecule has 0 saturated carbocycles. The summed E-state index contributed by atoms with van der Waals surface area (Å²) in [6, 6.07) is 12.4. The Hall–Kier alpha value is -1.67. The van der Waals surface area contributed by atoms with Gasteiger partial charge in [0.05, 0.1) is 6.04 Å². The van der Waals surface area contributed by atoms with Crippen molar-refractivity contribution >= 4 is 0 Å². The molecule has 0 amide bonds. The summed E-state index contributed by atoms with van der Waals surface area (Å²) in [6.07, 6.45) is 3.55. The first-order valence-electron chi connectivity index (χ1n) is 6.24. The van der Waals surface area contributed by atoms with Crippen molar-refractivity contribution < 1.29 is 0 Å². The fraction of sp³-hybridized carbons (Fsp3) is 0.312. The molecule has 0 spiro atoms. The van der Waals surface area contributed by atoms with Crippen LogP contribution in [-0.4, -0.2) is 4.98 Å². The van der Waals surface area contributed by atoms with Crippen LogP contribution in [0.15, 0.2) is 48.8 Å². The molecule has 0 aliphatic rings. The molecule has 1 aromatic heterocycles. The Morgan fingerprint density at radius 3 is 1.89 bits per heavy atom. The van der Waals surface area contributed by atoms with Gasteiger partial charge in [-0.05, 0) is 34.2 Å². The predicted octanol–water partition coefficient (Wildman–Crippen LogP) is 3.43. The minimum absolute atomic E-state index is 0.0815. The number of nitrogens with two attached hydrogens (primary N) is 1. The number of pyridine rings is 1. The average Bonchev–Trinajstić information content (AvgIpc) is 2.38. The molecular weight excluding hydrogens is 220 g/mol. The third kappa shape index (κ3) is 2.77. The van der Waals surface area contributed by atoms with Crippen molar-refractivity contribution in [1.82, 2.24) is 4.98 Å². The van der Waals surface area contributed by atoms with Crippen molar-refractivity contribution in [2.75, 3.05) is 0 Å². The zero-order chi connectivity index (χ0) is 13.2. The summed E-state index contributed by atoms with van der Waals surface area (Å²) < 4.78 is 0. The molecular formula is C16H20N2. The van der Waals surface area contributed by atoms with E-state index in [4.69, 9.17) is 5.73 Å². The van der Waals surface area contributed by atoms with Crippen molar-refractivity contribution in [3.8, 4) is 0 Å². The summed E-state index contributed by atoms with van der Waals surface area (Å²) in [5.74, 6) is 0. The molecule has 2 aromatic rings. The first kappa shape index (κ1) is 12.8. The van der Waals surface area contributed by atoms with Crippen LogP contribution in [0.5, 0.6) is 0 Å². The fourth-order valence-corrected chi connectivity index (χ4v) is 1.95. The Bertz CT molecular complexity index is 495. The van der Waals surface area contributed by atoms with E-state index in [9.17, 15) is 0 Å². The molecule has 2 N–H and O–H groups in total. The molecule has 1 unspecified atom stereocenters. The van der Waals surface area contributed by atoms with Gasteiger partial charge in [-0.1, -0.05) is 45.0 Å². The van der Waals surface area contributed by atoms with Gasteiger partial charge in [-0.3, -0.25) is 4.98 Å². The van der Waals surface area contributed by atoms with Crippen molar-refractivity contribution in [3.63, 3.8) is 0 Å². The molecule has 2 rings (SSSR count). The van der Waals surface area contributed by atoms with Crippen LogP contribution in [-0.2, 0) is 5.41 Å². The molecule has 94 valence electrons.